The van der Waals surface area contributed by atoms with Gasteiger partial charge in [0, 0.05) is 15.4 Å². The van der Waals surface area contributed by atoms with Gasteiger partial charge in [-0.15, -0.1) is 11.3 Å². The van der Waals surface area contributed by atoms with Gasteiger partial charge in [0.1, 0.15) is 5.82 Å². The molecule has 0 spiro atoms. The van der Waals surface area contributed by atoms with Crippen LogP contribution in [0.4, 0.5) is 4.39 Å². The second kappa shape index (κ2) is 5.78. The Morgan fingerprint density at radius 1 is 1.44 bits per heavy atom. The molecule has 0 saturated heterocycles. The predicted octanol–water partition coefficient (Wildman–Crippen LogP) is 5.20. The van der Waals surface area contributed by atoms with Gasteiger partial charge in [-0.2, -0.15) is 0 Å². The highest BCUT2D eigenvalue weighted by Crippen LogP contribution is 2.23. The predicted molar refractivity (Wildman–Crippen MR) is 76.8 cm³/mol. The Morgan fingerprint density at radius 3 is 2.83 bits per heavy atom. The number of hydrogen-bond acceptors (Lipinski definition) is 2. The molecule has 1 aromatic heterocycles. The Balaban J connectivity index is 2.24. The van der Waals surface area contributed by atoms with E-state index in [1.165, 1.54) is 35.6 Å². The van der Waals surface area contributed by atoms with Crippen molar-refractivity contribution in [3.63, 3.8) is 0 Å². The van der Waals surface area contributed by atoms with E-state index < -0.39 is 5.82 Å². The van der Waals surface area contributed by atoms with Crippen molar-refractivity contribution in [1.29, 1.82) is 0 Å². The highest BCUT2D eigenvalue weighted by atomic mass is 79.9. The first kappa shape index (κ1) is 13.5. The van der Waals surface area contributed by atoms with Crippen LogP contribution in [-0.4, -0.2) is 5.78 Å². The molecule has 1 nitrogen and oxygen atoms in total. The van der Waals surface area contributed by atoms with Gasteiger partial charge in [-0.05, 0) is 46.3 Å². The van der Waals surface area contributed by atoms with E-state index in [2.05, 4.69) is 15.9 Å². The van der Waals surface area contributed by atoms with Crippen molar-refractivity contribution in [3.05, 3.63) is 61.5 Å². The van der Waals surface area contributed by atoms with Crippen molar-refractivity contribution in [3.8, 4) is 0 Å². The van der Waals surface area contributed by atoms with E-state index in [1.807, 2.05) is 5.38 Å². The van der Waals surface area contributed by atoms with E-state index in [0.717, 1.165) is 4.47 Å². The second-order valence-corrected chi connectivity index (χ2v) is 5.70. The third-order valence-electron chi connectivity index (χ3n) is 2.21. The molecule has 2 rings (SSSR count). The van der Waals surface area contributed by atoms with Crippen LogP contribution in [0, 0.1) is 5.82 Å². The average molecular weight is 346 g/mol. The van der Waals surface area contributed by atoms with E-state index in [1.54, 1.807) is 12.1 Å². The van der Waals surface area contributed by atoms with Crippen molar-refractivity contribution in [2.24, 2.45) is 0 Å². The molecule has 0 aliphatic heterocycles. The lowest BCUT2D eigenvalue weighted by Crippen LogP contribution is -1.90. The van der Waals surface area contributed by atoms with E-state index in [-0.39, 0.29) is 16.4 Å². The summed E-state index contributed by atoms with van der Waals surface area (Å²) in [4.78, 5) is 12.4. The highest BCUT2D eigenvalue weighted by molar-refractivity contribution is 9.10. The summed E-state index contributed by atoms with van der Waals surface area (Å²) in [5.74, 6) is -0.621. The van der Waals surface area contributed by atoms with Gasteiger partial charge in [0.15, 0.2) is 5.78 Å². The molecule has 0 unspecified atom stereocenters. The number of carbonyl (C=O) groups excluding carboxylic acids is 1. The maximum absolute atomic E-state index is 13.5. The van der Waals surface area contributed by atoms with E-state index in [0.29, 0.717) is 4.88 Å². The molecule has 0 N–H and O–H groups in total. The van der Waals surface area contributed by atoms with Crippen LogP contribution in [0.5, 0.6) is 0 Å². The van der Waals surface area contributed by atoms with Crippen molar-refractivity contribution < 1.29 is 9.18 Å². The molecular weight excluding hydrogens is 339 g/mol. The number of thiophene rings is 1. The Morgan fingerprint density at radius 2 is 2.22 bits per heavy atom. The Hall–Kier alpha value is -0.970. The zero-order valence-corrected chi connectivity index (χ0v) is 12.2. The molecule has 0 saturated carbocycles. The van der Waals surface area contributed by atoms with Crippen LogP contribution in [0.25, 0.3) is 6.08 Å². The van der Waals surface area contributed by atoms with Crippen LogP contribution in [0.1, 0.15) is 15.2 Å². The van der Waals surface area contributed by atoms with E-state index in [9.17, 15) is 9.18 Å². The molecule has 92 valence electrons. The molecule has 0 aliphatic carbocycles. The van der Waals surface area contributed by atoms with Gasteiger partial charge in [0.2, 0.25) is 0 Å². The summed E-state index contributed by atoms with van der Waals surface area (Å²) in [6.45, 7) is 0. The SMILES string of the molecule is O=C(/C=C/c1c(F)cccc1Cl)c1cc(Br)cs1. The molecule has 2 aromatic rings. The third-order valence-corrected chi connectivity index (χ3v) is 4.25. The average Bonchev–Trinajstić information content (AvgIpc) is 2.75. The number of hydrogen-bond donors (Lipinski definition) is 0. The van der Waals surface area contributed by atoms with Gasteiger partial charge in [-0.1, -0.05) is 17.7 Å². The number of allylic oxidation sites excluding steroid dienone is 1. The smallest absolute Gasteiger partial charge is 0.195 e. The number of rotatable bonds is 3. The second-order valence-electron chi connectivity index (χ2n) is 3.46. The topological polar surface area (TPSA) is 17.1 Å². The molecule has 0 amide bonds. The van der Waals surface area contributed by atoms with Gasteiger partial charge in [-0.25, -0.2) is 4.39 Å². The minimum atomic E-state index is -0.445. The van der Waals surface area contributed by atoms with E-state index >= 15 is 0 Å². The zero-order valence-electron chi connectivity index (χ0n) is 8.99. The maximum atomic E-state index is 13.5. The molecule has 0 bridgehead atoms. The lowest BCUT2D eigenvalue weighted by Gasteiger charge is -1.98. The summed E-state index contributed by atoms with van der Waals surface area (Å²) >= 11 is 10.5. The van der Waals surface area contributed by atoms with Crippen LogP contribution in [0.15, 0.2) is 40.2 Å². The van der Waals surface area contributed by atoms with Crippen molar-refractivity contribution >= 4 is 50.7 Å². The van der Waals surface area contributed by atoms with Crippen LogP contribution in [0.3, 0.4) is 0 Å². The van der Waals surface area contributed by atoms with E-state index in [4.69, 9.17) is 11.6 Å². The molecular formula is C13H7BrClFOS. The fourth-order valence-corrected chi connectivity index (χ4v) is 2.93. The normalized spacial score (nSPS) is 11.1. The number of ketones is 1. The summed E-state index contributed by atoms with van der Waals surface area (Å²) in [6.07, 6.45) is 2.72. The minimum absolute atomic E-state index is 0.176. The maximum Gasteiger partial charge on any atom is 0.195 e. The molecule has 1 heterocycles. The Labute approximate surface area is 121 Å². The van der Waals surface area contributed by atoms with Crippen LogP contribution >= 0.6 is 38.9 Å². The quantitative estimate of drug-likeness (QED) is 0.552. The number of carbonyl (C=O) groups is 1. The lowest BCUT2D eigenvalue weighted by atomic mass is 10.1. The van der Waals surface area contributed by atoms with Crippen LogP contribution < -0.4 is 0 Å². The molecule has 0 radical (unpaired) electrons. The number of benzene rings is 1. The first-order valence-corrected chi connectivity index (χ1v) is 7.03. The molecule has 1 aromatic carbocycles. The molecule has 0 aliphatic rings. The van der Waals surface area contributed by atoms with Gasteiger partial charge in [-0.3, -0.25) is 4.79 Å². The summed E-state index contributed by atoms with van der Waals surface area (Å²) in [6, 6.07) is 6.13. The summed E-state index contributed by atoms with van der Waals surface area (Å²) < 4.78 is 14.3. The lowest BCUT2D eigenvalue weighted by molar-refractivity contribution is 0.105. The van der Waals surface area contributed by atoms with Gasteiger partial charge in [0.05, 0.1) is 9.90 Å². The monoisotopic (exact) mass is 344 g/mol. The summed E-state index contributed by atoms with van der Waals surface area (Å²) in [7, 11) is 0. The Bertz CT molecular complexity index is 601. The summed E-state index contributed by atoms with van der Waals surface area (Å²) in [5, 5.41) is 2.10. The fourth-order valence-electron chi connectivity index (χ4n) is 1.35. The first-order chi connectivity index (χ1) is 8.58. The molecule has 18 heavy (non-hydrogen) atoms. The molecule has 0 fully saturated rings. The van der Waals surface area contributed by atoms with Gasteiger partial charge >= 0.3 is 0 Å². The Kier molecular flexibility index (Phi) is 4.32. The summed E-state index contributed by atoms with van der Waals surface area (Å²) in [5.41, 5.74) is 0.225. The van der Waals surface area contributed by atoms with Gasteiger partial charge in [0.25, 0.3) is 0 Å². The van der Waals surface area contributed by atoms with Crippen molar-refractivity contribution in [2.75, 3.05) is 0 Å². The molecule has 0 atom stereocenters. The molecule has 5 heteroatoms. The van der Waals surface area contributed by atoms with Crippen molar-refractivity contribution in [2.45, 2.75) is 0 Å². The highest BCUT2D eigenvalue weighted by Gasteiger charge is 2.07. The largest absolute Gasteiger partial charge is 0.288 e. The number of halogens is 3. The van der Waals surface area contributed by atoms with Crippen LogP contribution in [-0.2, 0) is 0 Å². The zero-order chi connectivity index (χ0) is 13.1. The third kappa shape index (κ3) is 3.07. The first-order valence-electron chi connectivity index (χ1n) is 4.98. The standard InChI is InChI=1S/C13H7BrClFOS/c14-8-6-13(18-7-8)12(17)5-4-9-10(15)2-1-3-11(9)16/h1-7H/b5-4+. The van der Waals surface area contributed by atoms with Crippen molar-refractivity contribution in [1.82, 2.24) is 0 Å². The minimum Gasteiger partial charge on any atom is -0.288 e. The van der Waals surface area contributed by atoms with Crippen LogP contribution in [0.2, 0.25) is 5.02 Å². The fraction of sp³-hybridized carbons (Fsp3) is 0. The van der Waals surface area contributed by atoms with Gasteiger partial charge < -0.3 is 0 Å².